The van der Waals surface area contributed by atoms with E-state index in [1.54, 1.807) is 18.3 Å². The third kappa shape index (κ3) is 5.78. The lowest BCUT2D eigenvalue weighted by Gasteiger charge is -2.19. The molecule has 33 heavy (non-hydrogen) atoms. The van der Waals surface area contributed by atoms with Crippen molar-refractivity contribution in [1.29, 1.82) is 0 Å². The van der Waals surface area contributed by atoms with Crippen molar-refractivity contribution in [2.75, 3.05) is 23.4 Å². The number of nitrogens with zero attached hydrogens (tertiary/aromatic N) is 5. The van der Waals surface area contributed by atoms with E-state index in [9.17, 15) is 19.5 Å². The molecule has 13 nitrogen and oxygen atoms in total. The minimum atomic E-state index is -1.30. The van der Waals surface area contributed by atoms with Gasteiger partial charge < -0.3 is 31.9 Å². The van der Waals surface area contributed by atoms with Crippen molar-refractivity contribution in [1.82, 2.24) is 25.3 Å². The summed E-state index contributed by atoms with van der Waals surface area (Å²) in [5.41, 5.74) is 13.6. The Balaban J connectivity index is 1.67. The van der Waals surface area contributed by atoms with Gasteiger partial charge in [-0.2, -0.15) is 9.97 Å². The first-order valence-electron chi connectivity index (χ1n) is 9.75. The lowest BCUT2D eigenvalue weighted by atomic mass is 10.1. The summed E-state index contributed by atoms with van der Waals surface area (Å²) in [6.07, 6.45) is 0.968. The molecule has 1 aromatic carbocycles. The predicted octanol–water partition coefficient (Wildman–Crippen LogP) is 0.268. The summed E-state index contributed by atoms with van der Waals surface area (Å²) in [5, 5.41) is 20.2. The van der Waals surface area contributed by atoms with E-state index in [0.717, 1.165) is 5.69 Å². The van der Waals surface area contributed by atoms with Gasteiger partial charge in [-0.1, -0.05) is 0 Å². The lowest BCUT2D eigenvalue weighted by molar-refractivity contribution is -0.140. The second-order valence-corrected chi connectivity index (χ2v) is 7.20. The Morgan fingerprint density at radius 2 is 1.79 bits per heavy atom. The molecule has 7 N–H and O–H groups in total. The third-order valence-corrected chi connectivity index (χ3v) is 4.72. The highest BCUT2D eigenvalue weighted by Gasteiger charge is 2.21. The van der Waals surface area contributed by atoms with Gasteiger partial charge in [0, 0.05) is 24.7 Å². The molecule has 0 aliphatic rings. The van der Waals surface area contributed by atoms with Crippen LogP contribution in [0.5, 0.6) is 0 Å². The smallest absolute Gasteiger partial charge is 0.326 e. The van der Waals surface area contributed by atoms with Crippen LogP contribution in [0.15, 0.2) is 30.5 Å². The number of hydrogen-bond acceptors (Lipinski definition) is 10. The van der Waals surface area contributed by atoms with Gasteiger partial charge in [0.1, 0.15) is 11.6 Å². The van der Waals surface area contributed by atoms with Crippen molar-refractivity contribution in [3.05, 3.63) is 41.7 Å². The number of nitrogens with two attached hydrogens (primary N) is 2. The molecule has 2 aromatic heterocycles. The van der Waals surface area contributed by atoms with E-state index >= 15 is 0 Å². The van der Waals surface area contributed by atoms with E-state index in [0.29, 0.717) is 17.8 Å². The predicted molar refractivity (Wildman–Crippen MR) is 118 cm³/mol. The molecule has 2 heterocycles. The van der Waals surface area contributed by atoms with Crippen molar-refractivity contribution < 1.29 is 24.6 Å². The fraction of sp³-hybridized carbons (Fsp3) is 0.250. The molecule has 0 saturated heterocycles. The number of aromatic nitrogens is 4. The quantitative estimate of drug-likeness (QED) is 0.295. The highest BCUT2D eigenvalue weighted by atomic mass is 16.4. The number of nitrogens with one attached hydrogen (secondary N) is 1. The second-order valence-electron chi connectivity index (χ2n) is 7.20. The van der Waals surface area contributed by atoms with Gasteiger partial charge in [0.2, 0.25) is 5.95 Å². The van der Waals surface area contributed by atoms with Gasteiger partial charge in [-0.3, -0.25) is 9.59 Å². The number of aliphatic carboxylic acids is 2. The lowest BCUT2D eigenvalue weighted by Crippen LogP contribution is -2.41. The fourth-order valence-corrected chi connectivity index (χ4v) is 3.03. The molecule has 0 saturated carbocycles. The van der Waals surface area contributed by atoms with Gasteiger partial charge in [-0.15, -0.1) is 0 Å². The fourth-order valence-electron chi connectivity index (χ4n) is 3.03. The minimum Gasteiger partial charge on any atom is -0.481 e. The minimum absolute atomic E-state index is 0.00164. The topological polar surface area (TPSA) is 211 Å². The molecular weight excluding hydrogens is 432 g/mol. The average molecular weight is 454 g/mol. The van der Waals surface area contributed by atoms with Crippen LogP contribution in [0.2, 0.25) is 0 Å². The number of carbonyl (C=O) groups is 3. The zero-order valence-corrected chi connectivity index (χ0v) is 17.6. The van der Waals surface area contributed by atoms with Gasteiger partial charge >= 0.3 is 11.9 Å². The van der Waals surface area contributed by atoms with Crippen molar-refractivity contribution in [3.63, 3.8) is 0 Å². The van der Waals surface area contributed by atoms with Crippen molar-refractivity contribution in [2.24, 2.45) is 0 Å². The summed E-state index contributed by atoms with van der Waals surface area (Å²) in [7, 11) is 1.82. The summed E-state index contributed by atoms with van der Waals surface area (Å²) in [5.74, 6) is -2.91. The molecule has 3 rings (SSSR count). The van der Waals surface area contributed by atoms with Crippen LogP contribution in [0.3, 0.4) is 0 Å². The first kappa shape index (κ1) is 23.1. The number of hydrogen-bond donors (Lipinski definition) is 5. The molecule has 1 amide bonds. The summed E-state index contributed by atoms with van der Waals surface area (Å²) >= 11 is 0. The van der Waals surface area contributed by atoms with Crippen LogP contribution in [0.1, 0.15) is 28.9 Å². The van der Waals surface area contributed by atoms with Crippen LogP contribution in [0, 0.1) is 0 Å². The molecule has 0 unspecified atom stereocenters. The van der Waals surface area contributed by atoms with E-state index < -0.39 is 23.9 Å². The van der Waals surface area contributed by atoms with Gasteiger partial charge in [0.25, 0.3) is 5.91 Å². The summed E-state index contributed by atoms with van der Waals surface area (Å²) in [6.45, 7) is 0.370. The van der Waals surface area contributed by atoms with E-state index in [1.807, 2.05) is 11.9 Å². The first-order valence-corrected chi connectivity index (χ1v) is 9.75. The molecule has 0 spiro atoms. The SMILES string of the molecule is CN(Cc1cnc2c(N)nc(N)nc2n1)c1ccc(C(=O)N[C@@H](CCC(=O)O)C(=O)O)cc1. The highest BCUT2D eigenvalue weighted by Crippen LogP contribution is 2.18. The van der Waals surface area contributed by atoms with Crippen LogP contribution >= 0.6 is 0 Å². The maximum atomic E-state index is 12.4. The van der Waals surface area contributed by atoms with E-state index in [-0.39, 0.29) is 35.8 Å². The Morgan fingerprint density at radius 1 is 1.09 bits per heavy atom. The summed E-state index contributed by atoms with van der Waals surface area (Å²) in [4.78, 5) is 52.7. The number of amides is 1. The monoisotopic (exact) mass is 454 g/mol. The largest absolute Gasteiger partial charge is 0.481 e. The summed E-state index contributed by atoms with van der Waals surface area (Å²) in [6, 6.07) is 5.16. The maximum absolute atomic E-state index is 12.4. The Labute approximate surface area is 187 Å². The van der Waals surface area contributed by atoms with Crippen LogP contribution in [0.4, 0.5) is 17.5 Å². The molecule has 0 aliphatic carbocycles. The number of nitrogen functional groups attached to an aromatic ring is 2. The van der Waals surface area contributed by atoms with Gasteiger partial charge in [0.15, 0.2) is 11.5 Å². The summed E-state index contributed by atoms with van der Waals surface area (Å²) < 4.78 is 0. The van der Waals surface area contributed by atoms with Crippen LogP contribution in [-0.4, -0.2) is 61.1 Å². The maximum Gasteiger partial charge on any atom is 0.326 e. The molecule has 0 fully saturated rings. The Hall–Kier alpha value is -4.55. The number of benzene rings is 1. The Morgan fingerprint density at radius 3 is 2.42 bits per heavy atom. The molecule has 0 radical (unpaired) electrons. The van der Waals surface area contributed by atoms with Crippen molar-refractivity contribution in [2.45, 2.75) is 25.4 Å². The normalized spacial score (nSPS) is 11.7. The number of carboxylic acids is 2. The Bertz CT molecular complexity index is 1200. The van der Waals surface area contributed by atoms with Crippen molar-refractivity contribution >= 4 is 46.5 Å². The van der Waals surface area contributed by atoms with Crippen LogP contribution in [0.25, 0.3) is 11.2 Å². The van der Waals surface area contributed by atoms with Crippen molar-refractivity contribution in [3.8, 4) is 0 Å². The average Bonchev–Trinajstić information content (AvgIpc) is 2.75. The number of fused-ring (bicyclic) bond motifs is 1. The van der Waals surface area contributed by atoms with Crippen LogP contribution in [-0.2, 0) is 16.1 Å². The molecule has 13 heteroatoms. The first-order chi connectivity index (χ1) is 15.6. The van der Waals surface area contributed by atoms with Gasteiger partial charge in [-0.05, 0) is 30.7 Å². The standard InChI is InChI=1S/C20H22N8O5/c1-28(9-11-8-23-15-16(21)26-20(22)27-17(15)24-11)12-4-2-10(3-5-12)18(31)25-13(19(32)33)6-7-14(29)30/h2-5,8,13H,6-7,9H2,1H3,(H,25,31)(H,29,30)(H,32,33)(H4,21,22,24,26,27)/t13-/m0/s1. The molecule has 0 bridgehead atoms. The number of carboxylic acid groups (broad SMARTS) is 2. The number of rotatable bonds is 9. The Kier molecular flexibility index (Phi) is 6.81. The third-order valence-electron chi connectivity index (χ3n) is 4.72. The highest BCUT2D eigenvalue weighted by molar-refractivity contribution is 5.97. The van der Waals surface area contributed by atoms with Crippen LogP contribution < -0.4 is 21.7 Å². The number of carbonyl (C=O) groups excluding carboxylic acids is 1. The molecule has 172 valence electrons. The zero-order chi connectivity index (χ0) is 24.1. The second kappa shape index (κ2) is 9.72. The zero-order valence-electron chi connectivity index (χ0n) is 17.6. The molecular formula is C20H22N8O5. The van der Waals surface area contributed by atoms with E-state index in [2.05, 4.69) is 25.3 Å². The van der Waals surface area contributed by atoms with E-state index in [1.165, 1.54) is 12.1 Å². The molecule has 0 aliphatic heterocycles. The molecule has 3 aromatic rings. The molecule has 1 atom stereocenters. The van der Waals surface area contributed by atoms with Gasteiger partial charge in [0.05, 0.1) is 18.4 Å². The number of anilines is 3. The van der Waals surface area contributed by atoms with Gasteiger partial charge in [-0.25, -0.2) is 14.8 Å². The van der Waals surface area contributed by atoms with E-state index in [4.69, 9.17) is 16.6 Å².